The van der Waals surface area contributed by atoms with Crippen molar-refractivity contribution in [2.45, 2.75) is 25.8 Å². The van der Waals surface area contributed by atoms with Crippen LogP contribution in [0.4, 0.5) is 10.3 Å². The Morgan fingerprint density at radius 1 is 1.21 bits per heavy atom. The molecule has 0 amide bonds. The van der Waals surface area contributed by atoms with Crippen molar-refractivity contribution in [2.75, 3.05) is 18.4 Å². The molecule has 4 heterocycles. The molecule has 1 atom stereocenters. The highest BCUT2D eigenvalue weighted by molar-refractivity contribution is 7.17. The van der Waals surface area contributed by atoms with Gasteiger partial charge in [0.2, 0.25) is 5.95 Å². The van der Waals surface area contributed by atoms with Gasteiger partial charge in [0.05, 0.1) is 11.4 Å². The lowest BCUT2D eigenvalue weighted by atomic mass is 10.1. The zero-order chi connectivity index (χ0) is 19.8. The lowest BCUT2D eigenvalue weighted by molar-refractivity contribution is 0.478. The third-order valence-corrected chi connectivity index (χ3v) is 5.99. The van der Waals surface area contributed by atoms with Gasteiger partial charge in [-0.25, -0.2) is 19.3 Å². The van der Waals surface area contributed by atoms with Crippen LogP contribution in [0.5, 0.6) is 0 Å². The minimum atomic E-state index is -0.262. The molecule has 1 aliphatic heterocycles. The van der Waals surface area contributed by atoms with Gasteiger partial charge >= 0.3 is 0 Å². The normalized spacial score (nSPS) is 17.0. The van der Waals surface area contributed by atoms with Crippen LogP contribution >= 0.6 is 11.3 Å². The number of benzene rings is 1. The second-order valence-electron chi connectivity index (χ2n) is 7.26. The van der Waals surface area contributed by atoms with E-state index in [9.17, 15) is 4.39 Å². The van der Waals surface area contributed by atoms with E-state index in [1.165, 1.54) is 17.0 Å². The molecule has 5 rings (SSSR count). The lowest BCUT2D eigenvalue weighted by Crippen LogP contribution is -2.38. The van der Waals surface area contributed by atoms with Crippen LogP contribution < -0.4 is 10.6 Å². The van der Waals surface area contributed by atoms with Crippen LogP contribution in [0.25, 0.3) is 27.6 Å². The first-order chi connectivity index (χ1) is 14.2. The number of anilines is 1. The summed E-state index contributed by atoms with van der Waals surface area (Å²) in [6, 6.07) is 8.65. The van der Waals surface area contributed by atoms with E-state index in [4.69, 9.17) is 9.97 Å². The van der Waals surface area contributed by atoms with Crippen LogP contribution in [-0.2, 0) is 0 Å². The van der Waals surface area contributed by atoms with Crippen LogP contribution in [0.3, 0.4) is 0 Å². The van der Waals surface area contributed by atoms with E-state index in [1.807, 2.05) is 6.07 Å². The maximum absolute atomic E-state index is 13.4. The van der Waals surface area contributed by atoms with Gasteiger partial charge in [0, 0.05) is 35.4 Å². The number of imidazole rings is 1. The van der Waals surface area contributed by atoms with E-state index in [2.05, 4.69) is 33.1 Å². The standard InChI is InChI=1S/C21H21FN6S/c1-13-12-28-19(18(27-21(28)29-13)14-4-6-15(22)7-5-14)17-8-10-24-20(26-17)25-16-3-2-9-23-11-16/h4-8,10,12,16,23H,2-3,9,11H2,1H3,(H,24,25,26). The molecule has 1 aromatic carbocycles. The number of rotatable bonds is 4. The van der Waals surface area contributed by atoms with Gasteiger partial charge < -0.3 is 10.6 Å². The number of fused-ring (bicyclic) bond motifs is 1. The summed E-state index contributed by atoms with van der Waals surface area (Å²) in [5.41, 5.74) is 3.33. The molecule has 2 N–H and O–H groups in total. The Hall–Kier alpha value is -2.84. The first-order valence-corrected chi connectivity index (χ1v) is 10.5. The van der Waals surface area contributed by atoms with E-state index in [-0.39, 0.29) is 5.82 Å². The highest BCUT2D eigenvalue weighted by Crippen LogP contribution is 2.34. The molecule has 1 unspecified atom stereocenters. The summed E-state index contributed by atoms with van der Waals surface area (Å²) in [6.45, 7) is 4.03. The zero-order valence-electron chi connectivity index (χ0n) is 16.0. The number of hydrogen-bond donors (Lipinski definition) is 2. The summed E-state index contributed by atoms with van der Waals surface area (Å²) < 4.78 is 15.5. The molecular formula is C21H21FN6S. The Bertz CT molecular complexity index is 1140. The molecule has 1 saturated heterocycles. The van der Waals surface area contributed by atoms with Crippen molar-refractivity contribution in [3.8, 4) is 22.6 Å². The van der Waals surface area contributed by atoms with E-state index in [0.29, 0.717) is 12.0 Å². The molecule has 1 fully saturated rings. The topological polar surface area (TPSA) is 67.1 Å². The minimum Gasteiger partial charge on any atom is -0.350 e. The molecule has 8 heteroatoms. The Labute approximate surface area is 171 Å². The van der Waals surface area contributed by atoms with Crippen molar-refractivity contribution in [2.24, 2.45) is 0 Å². The van der Waals surface area contributed by atoms with Crippen LogP contribution in [0, 0.1) is 12.7 Å². The molecule has 6 nitrogen and oxygen atoms in total. The van der Waals surface area contributed by atoms with Crippen molar-refractivity contribution >= 4 is 22.2 Å². The molecular weight excluding hydrogens is 387 g/mol. The molecule has 148 valence electrons. The first kappa shape index (κ1) is 18.2. The molecule has 0 aliphatic carbocycles. The average Bonchev–Trinajstić information content (AvgIpc) is 3.25. The Balaban J connectivity index is 1.59. The van der Waals surface area contributed by atoms with Gasteiger partial charge in [0.15, 0.2) is 4.96 Å². The monoisotopic (exact) mass is 408 g/mol. The third-order valence-electron chi connectivity index (χ3n) is 5.09. The van der Waals surface area contributed by atoms with Crippen molar-refractivity contribution in [3.05, 3.63) is 53.4 Å². The summed E-state index contributed by atoms with van der Waals surface area (Å²) in [5.74, 6) is 0.352. The minimum absolute atomic E-state index is 0.262. The van der Waals surface area contributed by atoms with Gasteiger partial charge in [-0.05, 0) is 56.6 Å². The second-order valence-corrected chi connectivity index (χ2v) is 8.48. The smallest absolute Gasteiger partial charge is 0.223 e. The van der Waals surface area contributed by atoms with Gasteiger partial charge in [-0.3, -0.25) is 4.40 Å². The molecule has 3 aromatic heterocycles. The van der Waals surface area contributed by atoms with Crippen LogP contribution in [-0.4, -0.2) is 38.5 Å². The number of hydrogen-bond acceptors (Lipinski definition) is 6. The summed E-state index contributed by atoms with van der Waals surface area (Å²) >= 11 is 1.62. The number of nitrogens with zero attached hydrogens (tertiary/aromatic N) is 4. The third kappa shape index (κ3) is 3.61. The van der Waals surface area contributed by atoms with Gasteiger partial charge in [0.25, 0.3) is 0 Å². The molecule has 0 spiro atoms. The quantitative estimate of drug-likeness (QED) is 0.531. The molecule has 4 aromatic rings. The number of piperidine rings is 1. The number of halogens is 1. The maximum atomic E-state index is 13.4. The summed E-state index contributed by atoms with van der Waals surface area (Å²) in [5, 5.41) is 6.84. The highest BCUT2D eigenvalue weighted by Gasteiger charge is 2.20. The predicted molar refractivity (Wildman–Crippen MR) is 114 cm³/mol. The predicted octanol–water partition coefficient (Wildman–Crippen LogP) is 4.13. The molecule has 0 bridgehead atoms. The number of thiazole rings is 1. The van der Waals surface area contributed by atoms with E-state index in [1.54, 1.807) is 29.7 Å². The van der Waals surface area contributed by atoms with Gasteiger partial charge in [0.1, 0.15) is 11.5 Å². The van der Waals surface area contributed by atoms with E-state index in [0.717, 1.165) is 53.5 Å². The van der Waals surface area contributed by atoms with Gasteiger partial charge in [-0.1, -0.05) is 0 Å². The lowest BCUT2D eigenvalue weighted by Gasteiger charge is -2.23. The van der Waals surface area contributed by atoms with Crippen molar-refractivity contribution in [1.82, 2.24) is 24.7 Å². The number of nitrogens with one attached hydrogen (secondary N) is 2. The number of aryl methyl sites for hydroxylation is 1. The Kier molecular flexibility index (Phi) is 4.73. The Morgan fingerprint density at radius 3 is 2.86 bits per heavy atom. The maximum Gasteiger partial charge on any atom is 0.223 e. The Morgan fingerprint density at radius 2 is 2.07 bits per heavy atom. The van der Waals surface area contributed by atoms with E-state index >= 15 is 0 Å². The zero-order valence-corrected chi connectivity index (χ0v) is 16.8. The average molecular weight is 409 g/mol. The van der Waals surface area contributed by atoms with Crippen molar-refractivity contribution in [1.29, 1.82) is 0 Å². The molecule has 0 radical (unpaired) electrons. The second kappa shape index (κ2) is 7.53. The van der Waals surface area contributed by atoms with Crippen LogP contribution in [0.2, 0.25) is 0 Å². The van der Waals surface area contributed by atoms with E-state index < -0.39 is 0 Å². The largest absolute Gasteiger partial charge is 0.350 e. The molecule has 29 heavy (non-hydrogen) atoms. The number of aromatic nitrogens is 4. The fraction of sp³-hybridized carbons (Fsp3) is 0.286. The van der Waals surface area contributed by atoms with Crippen LogP contribution in [0.1, 0.15) is 17.7 Å². The molecule has 0 saturated carbocycles. The molecule has 1 aliphatic rings. The van der Waals surface area contributed by atoms with Gasteiger partial charge in [-0.15, -0.1) is 11.3 Å². The van der Waals surface area contributed by atoms with Gasteiger partial charge in [-0.2, -0.15) is 0 Å². The summed E-state index contributed by atoms with van der Waals surface area (Å²) in [7, 11) is 0. The highest BCUT2D eigenvalue weighted by atomic mass is 32.1. The fourth-order valence-electron chi connectivity index (χ4n) is 3.73. The van der Waals surface area contributed by atoms with Crippen LogP contribution in [0.15, 0.2) is 42.7 Å². The van der Waals surface area contributed by atoms with Crippen molar-refractivity contribution < 1.29 is 4.39 Å². The van der Waals surface area contributed by atoms with Crippen molar-refractivity contribution in [3.63, 3.8) is 0 Å². The SMILES string of the molecule is Cc1cn2c(-c3ccnc(NC4CCCNC4)n3)c(-c3ccc(F)cc3)nc2s1. The summed E-state index contributed by atoms with van der Waals surface area (Å²) in [6.07, 6.45) is 6.08. The first-order valence-electron chi connectivity index (χ1n) is 9.72. The summed E-state index contributed by atoms with van der Waals surface area (Å²) in [4.78, 5) is 16.1. The fourth-order valence-corrected chi connectivity index (χ4v) is 4.55.